The third-order valence-electron chi connectivity index (χ3n) is 1.73. The minimum atomic E-state index is -1.23. The maximum Gasteiger partial charge on any atom is 0.337 e. The van der Waals surface area contributed by atoms with E-state index in [1.165, 1.54) is 12.1 Å². The Hall–Kier alpha value is -1.87. The van der Waals surface area contributed by atoms with Gasteiger partial charge in [-0.05, 0) is 6.07 Å². The Morgan fingerprint density at radius 1 is 1.56 bits per heavy atom. The molecule has 0 aliphatic carbocycles. The zero-order valence-electron chi connectivity index (χ0n) is 7.94. The molecular formula is C10H6BrNO4. The summed E-state index contributed by atoms with van der Waals surface area (Å²) in [6.45, 7) is 0. The average Bonchev–Trinajstić information content (AvgIpc) is 2.25. The van der Waals surface area contributed by atoms with Crippen LogP contribution in [0.2, 0.25) is 0 Å². The van der Waals surface area contributed by atoms with Gasteiger partial charge in [0.15, 0.2) is 0 Å². The van der Waals surface area contributed by atoms with Crippen molar-refractivity contribution in [2.45, 2.75) is 0 Å². The maximum absolute atomic E-state index is 10.9. The molecule has 0 aliphatic rings. The lowest BCUT2D eigenvalue weighted by Crippen LogP contribution is -2.01. The van der Waals surface area contributed by atoms with Crippen LogP contribution in [0, 0.1) is 22.0 Å². The number of benzene rings is 1. The van der Waals surface area contributed by atoms with Gasteiger partial charge in [-0.1, -0.05) is 27.8 Å². The molecule has 0 saturated heterocycles. The molecule has 0 aliphatic heterocycles. The van der Waals surface area contributed by atoms with Crippen molar-refractivity contribution in [2.75, 3.05) is 5.33 Å². The van der Waals surface area contributed by atoms with E-state index in [0.29, 0.717) is 5.33 Å². The monoisotopic (exact) mass is 283 g/mol. The summed E-state index contributed by atoms with van der Waals surface area (Å²) < 4.78 is 0. The van der Waals surface area contributed by atoms with Crippen LogP contribution in [0.25, 0.3) is 0 Å². The molecule has 0 spiro atoms. The third kappa shape index (κ3) is 2.81. The van der Waals surface area contributed by atoms with Gasteiger partial charge in [-0.25, -0.2) is 4.79 Å². The van der Waals surface area contributed by atoms with Gasteiger partial charge in [-0.15, -0.1) is 0 Å². The maximum atomic E-state index is 10.9. The van der Waals surface area contributed by atoms with Crippen molar-refractivity contribution >= 4 is 27.6 Å². The Morgan fingerprint density at radius 2 is 2.25 bits per heavy atom. The Kier molecular flexibility index (Phi) is 4.03. The van der Waals surface area contributed by atoms with Gasteiger partial charge in [-0.3, -0.25) is 10.1 Å². The molecule has 1 aromatic rings. The lowest BCUT2D eigenvalue weighted by molar-refractivity contribution is -0.384. The van der Waals surface area contributed by atoms with Gasteiger partial charge in [-0.2, -0.15) is 0 Å². The number of nitro benzene ring substituents is 1. The second-order valence-corrected chi connectivity index (χ2v) is 3.29. The normalized spacial score (nSPS) is 9.06. The fraction of sp³-hybridized carbons (Fsp3) is 0.100. The zero-order valence-corrected chi connectivity index (χ0v) is 9.52. The van der Waals surface area contributed by atoms with Gasteiger partial charge >= 0.3 is 5.97 Å². The summed E-state index contributed by atoms with van der Waals surface area (Å²) in [5.41, 5.74) is -0.165. The summed E-state index contributed by atoms with van der Waals surface area (Å²) in [7, 11) is 0. The quantitative estimate of drug-likeness (QED) is 0.390. The van der Waals surface area contributed by atoms with Crippen LogP contribution in [0.3, 0.4) is 0 Å². The minimum Gasteiger partial charge on any atom is -0.478 e. The van der Waals surface area contributed by atoms with E-state index >= 15 is 0 Å². The van der Waals surface area contributed by atoms with Crippen molar-refractivity contribution in [2.24, 2.45) is 0 Å². The predicted molar refractivity (Wildman–Crippen MR) is 60.7 cm³/mol. The number of hydrogen-bond donors (Lipinski definition) is 1. The van der Waals surface area contributed by atoms with Gasteiger partial charge in [0.2, 0.25) is 0 Å². The van der Waals surface area contributed by atoms with Crippen molar-refractivity contribution in [1.29, 1.82) is 0 Å². The van der Waals surface area contributed by atoms with Gasteiger partial charge in [0.05, 0.1) is 15.8 Å². The van der Waals surface area contributed by atoms with Crippen LogP contribution in [0.1, 0.15) is 15.9 Å². The van der Waals surface area contributed by atoms with E-state index in [2.05, 4.69) is 27.8 Å². The van der Waals surface area contributed by atoms with E-state index in [1.54, 1.807) is 0 Å². The van der Waals surface area contributed by atoms with Crippen molar-refractivity contribution < 1.29 is 14.8 Å². The number of carbonyl (C=O) groups is 1. The first kappa shape index (κ1) is 12.2. The van der Waals surface area contributed by atoms with E-state index in [1.807, 2.05) is 0 Å². The molecule has 0 amide bonds. The van der Waals surface area contributed by atoms with Gasteiger partial charge in [0.1, 0.15) is 0 Å². The van der Waals surface area contributed by atoms with Crippen LogP contribution in [0.15, 0.2) is 18.2 Å². The predicted octanol–water partition coefficient (Wildman–Crippen LogP) is 2.04. The molecule has 82 valence electrons. The van der Waals surface area contributed by atoms with Crippen molar-refractivity contribution in [1.82, 2.24) is 0 Å². The number of carboxylic acids is 1. The molecule has 0 radical (unpaired) electrons. The highest BCUT2D eigenvalue weighted by Gasteiger charge is 2.14. The highest BCUT2D eigenvalue weighted by molar-refractivity contribution is 9.09. The fourth-order valence-electron chi connectivity index (χ4n) is 1.06. The molecule has 1 rings (SSSR count). The number of carboxylic acid groups (broad SMARTS) is 1. The Morgan fingerprint density at radius 3 is 2.75 bits per heavy atom. The molecule has 0 aromatic heterocycles. The van der Waals surface area contributed by atoms with Gasteiger partial charge in [0.25, 0.3) is 5.69 Å². The largest absolute Gasteiger partial charge is 0.478 e. The Labute approximate surface area is 99.4 Å². The number of nitro groups is 1. The molecule has 0 heterocycles. The number of alkyl halides is 1. The standard InChI is InChI=1S/C10H6BrNO4/c11-5-1-2-7-3-4-8(12(15)16)6-9(7)10(13)14/h3-4,6H,5H2,(H,13,14). The average molecular weight is 284 g/mol. The van der Waals surface area contributed by atoms with Crippen LogP contribution in [0.5, 0.6) is 0 Å². The first-order valence-corrected chi connectivity index (χ1v) is 5.25. The third-order valence-corrected chi connectivity index (χ3v) is 2.01. The molecule has 0 fully saturated rings. The lowest BCUT2D eigenvalue weighted by atomic mass is 10.1. The summed E-state index contributed by atoms with van der Waals surface area (Å²) in [4.78, 5) is 20.7. The Bertz CT molecular complexity index is 501. The first-order valence-electron chi connectivity index (χ1n) is 4.13. The summed E-state index contributed by atoms with van der Waals surface area (Å²) in [5.74, 6) is 4.02. The number of non-ortho nitro benzene ring substituents is 1. The Balaban J connectivity index is 3.30. The summed E-state index contributed by atoms with van der Waals surface area (Å²) in [5, 5.41) is 19.7. The second kappa shape index (κ2) is 5.28. The zero-order chi connectivity index (χ0) is 12.1. The summed E-state index contributed by atoms with van der Waals surface area (Å²) in [6.07, 6.45) is 0. The number of aromatic carboxylic acids is 1. The number of halogens is 1. The van der Waals surface area contributed by atoms with Gasteiger partial charge in [0, 0.05) is 17.7 Å². The van der Waals surface area contributed by atoms with Crippen molar-refractivity contribution in [3.05, 3.63) is 39.4 Å². The molecule has 0 saturated carbocycles. The van der Waals surface area contributed by atoms with Crippen LogP contribution >= 0.6 is 15.9 Å². The highest BCUT2D eigenvalue weighted by Crippen LogP contribution is 2.17. The van der Waals surface area contributed by atoms with E-state index in [0.717, 1.165) is 6.07 Å². The number of nitrogens with zero attached hydrogens (tertiary/aromatic N) is 1. The van der Waals surface area contributed by atoms with Crippen molar-refractivity contribution in [3.8, 4) is 11.8 Å². The van der Waals surface area contributed by atoms with E-state index in [9.17, 15) is 14.9 Å². The molecule has 5 nitrogen and oxygen atoms in total. The minimum absolute atomic E-state index is 0.164. The lowest BCUT2D eigenvalue weighted by Gasteiger charge is -1.98. The van der Waals surface area contributed by atoms with Crippen LogP contribution < -0.4 is 0 Å². The molecule has 0 unspecified atom stereocenters. The van der Waals surface area contributed by atoms with Crippen LogP contribution in [0.4, 0.5) is 5.69 Å². The molecular weight excluding hydrogens is 278 g/mol. The SMILES string of the molecule is O=C(O)c1cc([N+](=O)[O-])ccc1C#CCBr. The second-order valence-electron chi connectivity index (χ2n) is 2.73. The van der Waals surface area contributed by atoms with Gasteiger partial charge < -0.3 is 5.11 Å². The number of hydrogen-bond acceptors (Lipinski definition) is 3. The number of rotatable bonds is 2. The molecule has 6 heteroatoms. The molecule has 0 bridgehead atoms. The molecule has 1 N–H and O–H groups in total. The molecule has 1 aromatic carbocycles. The first-order chi connectivity index (χ1) is 7.56. The van der Waals surface area contributed by atoms with E-state index in [-0.39, 0.29) is 16.8 Å². The fourth-order valence-corrected chi connectivity index (χ4v) is 1.20. The summed E-state index contributed by atoms with van der Waals surface area (Å²) >= 11 is 3.08. The topological polar surface area (TPSA) is 80.4 Å². The van der Waals surface area contributed by atoms with Crippen LogP contribution in [-0.2, 0) is 0 Å². The van der Waals surface area contributed by atoms with Crippen LogP contribution in [-0.4, -0.2) is 21.3 Å². The van der Waals surface area contributed by atoms with E-state index in [4.69, 9.17) is 5.11 Å². The van der Waals surface area contributed by atoms with E-state index < -0.39 is 10.9 Å². The smallest absolute Gasteiger partial charge is 0.337 e. The van der Waals surface area contributed by atoms with Crippen molar-refractivity contribution in [3.63, 3.8) is 0 Å². The highest BCUT2D eigenvalue weighted by atomic mass is 79.9. The molecule has 0 atom stereocenters. The molecule has 16 heavy (non-hydrogen) atoms. The summed E-state index contributed by atoms with van der Waals surface area (Å²) in [6, 6.07) is 3.56.